The van der Waals surface area contributed by atoms with Crippen molar-refractivity contribution in [2.75, 3.05) is 7.11 Å². The van der Waals surface area contributed by atoms with Crippen LogP contribution >= 0.6 is 0 Å². The van der Waals surface area contributed by atoms with Crippen LogP contribution in [0, 0.1) is 0 Å². The molecule has 1 heterocycles. The van der Waals surface area contributed by atoms with Crippen molar-refractivity contribution >= 4 is 5.97 Å². The van der Waals surface area contributed by atoms with Gasteiger partial charge >= 0.3 is 5.97 Å². The molecule has 0 saturated heterocycles. The quantitative estimate of drug-likeness (QED) is 0.763. The number of aromatic nitrogens is 2. The van der Waals surface area contributed by atoms with Crippen LogP contribution in [-0.2, 0) is 4.74 Å². The molecule has 1 saturated carbocycles. The number of nitrogens with one attached hydrogen (secondary N) is 1. The zero-order valence-electron chi connectivity index (χ0n) is 9.16. The van der Waals surface area contributed by atoms with Gasteiger partial charge < -0.3 is 9.72 Å². The van der Waals surface area contributed by atoms with E-state index in [9.17, 15) is 9.59 Å². The standard InChI is InChI=1S/C11H14N2O3/c1-16-11(15)10-12-8(6-9(14)13-10)7-4-2-3-5-7/h6-7H,2-5H2,1H3,(H,12,13,14). The van der Waals surface area contributed by atoms with Crippen LogP contribution < -0.4 is 5.56 Å². The lowest BCUT2D eigenvalue weighted by atomic mass is 10.0. The summed E-state index contributed by atoms with van der Waals surface area (Å²) >= 11 is 0. The van der Waals surface area contributed by atoms with Crippen LogP contribution in [0.2, 0.25) is 0 Å². The Balaban J connectivity index is 2.35. The number of carbonyl (C=O) groups excluding carboxylic acids is 1. The maximum atomic E-state index is 11.4. The molecule has 0 unspecified atom stereocenters. The molecule has 0 atom stereocenters. The third-order valence-electron chi connectivity index (χ3n) is 2.91. The number of hydrogen-bond donors (Lipinski definition) is 1. The SMILES string of the molecule is COC(=O)c1nc(C2CCCC2)cc(=O)[nH]1. The lowest BCUT2D eigenvalue weighted by Crippen LogP contribution is -2.18. The van der Waals surface area contributed by atoms with Crippen molar-refractivity contribution < 1.29 is 9.53 Å². The van der Waals surface area contributed by atoms with Crippen molar-refractivity contribution in [2.24, 2.45) is 0 Å². The Labute approximate surface area is 92.9 Å². The van der Waals surface area contributed by atoms with Crippen molar-refractivity contribution in [1.29, 1.82) is 0 Å². The topological polar surface area (TPSA) is 72.0 Å². The number of esters is 1. The summed E-state index contributed by atoms with van der Waals surface area (Å²) in [5.74, 6) is -0.292. The first-order valence-electron chi connectivity index (χ1n) is 5.40. The molecule has 0 radical (unpaired) electrons. The monoisotopic (exact) mass is 222 g/mol. The number of nitrogens with zero attached hydrogens (tertiary/aromatic N) is 1. The predicted molar refractivity (Wildman–Crippen MR) is 57.4 cm³/mol. The fourth-order valence-corrected chi connectivity index (χ4v) is 2.10. The lowest BCUT2D eigenvalue weighted by Gasteiger charge is -2.08. The minimum Gasteiger partial charge on any atom is -0.463 e. The van der Waals surface area contributed by atoms with Crippen LogP contribution in [0.5, 0.6) is 0 Å². The van der Waals surface area contributed by atoms with Crippen molar-refractivity contribution in [1.82, 2.24) is 9.97 Å². The third kappa shape index (κ3) is 2.13. The Morgan fingerprint density at radius 3 is 2.81 bits per heavy atom. The molecule has 1 fully saturated rings. The second-order valence-corrected chi connectivity index (χ2v) is 3.99. The molecule has 5 nitrogen and oxygen atoms in total. The van der Waals surface area contributed by atoms with Crippen LogP contribution in [0.15, 0.2) is 10.9 Å². The number of rotatable bonds is 2. The summed E-state index contributed by atoms with van der Waals surface area (Å²) in [6, 6.07) is 1.47. The number of ether oxygens (including phenoxy) is 1. The predicted octanol–water partition coefficient (Wildman–Crippen LogP) is 1.21. The number of methoxy groups -OCH3 is 1. The highest BCUT2D eigenvalue weighted by molar-refractivity contribution is 5.84. The van der Waals surface area contributed by atoms with Crippen molar-refractivity contribution in [3.8, 4) is 0 Å². The fourth-order valence-electron chi connectivity index (χ4n) is 2.10. The lowest BCUT2D eigenvalue weighted by molar-refractivity contribution is 0.0585. The van der Waals surface area contributed by atoms with Crippen molar-refractivity contribution in [3.63, 3.8) is 0 Å². The van der Waals surface area contributed by atoms with Gasteiger partial charge in [0.15, 0.2) is 0 Å². The third-order valence-corrected chi connectivity index (χ3v) is 2.91. The molecule has 1 aliphatic carbocycles. The summed E-state index contributed by atoms with van der Waals surface area (Å²) in [7, 11) is 1.27. The molecular formula is C11H14N2O3. The summed E-state index contributed by atoms with van der Waals surface area (Å²) in [6.45, 7) is 0. The van der Waals surface area contributed by atoms with E-state index in [1.807, 2.05) is 0 Å². The Kier molecular flexibility index (Phi) is 3.03. The van der Waals surface area contributed by atoms with Crippen LogP contribution in [0.25, 0.3) is 0 Å². The van der Waals surface area contributed by atoms with E-state index in [-0.39, 0.29) is 11.4 Å². The zero-order chi connectivity index (χ0) is 11.5. The van der Waals surface area contributed by atoms with Gasteiger partial charge in [0.05, 0.1) is 12.8 Å². The highest BCUT2D eigenvalue weighted by Gasteiger charge is 2.20. The van der Waals surface area contributed by atoms with Gasteiger partial charge in [-0.1, -0.05) is 12.8 Å². The minimum atomic E-state index is -0.600. The van der Waals surface area contributed by atoms with Gasteiger partial charge in [-0.2, -0.15) is 0 Å². The maximum absolute atomic E-state index is 11.4. The molecule has 1 aromatic heterocycles. The molecule has 0 aliphatic heterocycles. The second kappa shape index (κ2) is 4.47. The Bertz CT molecular complexity index is 447. The van der Waals surface area contributed by atoms with E-state index in [2.05, 4.69) is 14.7 Å². The largest absolute Gasteiger partial charge is 0.463 e. The first-order chi connectivity index (χ1) is 7.70. The number of aromatic amines is 1. The van der Waals surface area contributed by atoms with Crippen molar-refractivity contribution in [3.05, 3.63) is 27.9 Å². The van der Waals surface area contributed by atoms with Gasteiger partial charge in [-0.3, -0.25) is 4.79 Å². The van der Waals surface area contributed by atoms with Crippen LogP contribution in [-0.4, -0.2) is 23.0 Å². The van der Waals surface area contributed by atoms with E-state index in [1.54, 1.807) is 0 Å². The highest BCUT2D eigenvalue weighted by Crippen LogP contribution is 2.32. The minimum absolute atomic E-state index is 0.00287. The highest BCUT2D eigenvalue weighted by atomic mass is 16.5. The van der Waals surface area contributed by atoms with Gasteiger partial charge in [-0.05, 0) is 12.8 Å². The van der Waals surface area contributed by atoms with Gasteiger partial charge in [0, 0.05) is 12.0 Å². The van der Waals surface area contributed by atoms with Gasteiger partial charge in [0.1, 0.15) is 0 Å². The van der Waals surface area contributed by atoms with E-state index in [0.29, 0.717) is 11.6 Å². The molecule has 5 heteroatoms. The van der Waals surface area contributed by atoms with Gasteiger partial charge in [-0.25, -0.2) is 9.78 Å². The molecule has 0 aromatic carbocycles. The number of carbonyl (C=O) groups is 1. The fraction of sp³-hybridized carbons (Fsp3) is 0.545. The summed E-state index contributed by atoms with van der Waals surface area (Å²) in [4.78, 5) is 29.2. The van der Waals surface area contributed by atoms with Gasteiger partial charge in [-0.15, -0.1) is 0 Å². The maximum Gasteiger partial charge on any atom is 0.374 e. The Hall–Kier alpha value is -1.65. The van der Waals surface area contributed by atoms with E-state index in [4.69, 9.17) is 0 Å². The molecule has 0 bridgehead atoms. The molecule has 16 heavy (non-hydrogen) atoms. The average molecular weight is 222 g/mol. The van der Waals surface area contributed by atoms with Gasteiger partial charge in [0.25, 0.3) is 5.56 Å². The van der Waals surface area contributed by atoms with Crippen molar-refractivity contribution in [2.45, 2.75) is 31.6 Å². The average Bonchev–Trinajstić information content (AvgIpc) is 2.80. The summed E-state index contributed by atoms with van der Waals surface area (Å²) in [5.41, 5.74) is 0.416. The first kappa shape index (κ1) is 10.9. The van der Waals surface area contributed by atoms with Gasteiger partial charge in [0.2, 0.25) is 5.82 Å². The molecule has 0 spiro atoms. The molecule has 0 amide bonds. The van der Waals surface area contributed by atoms with Crippen LogP contribution in [0.4, 0.5) is 0 Å². The molecule has 86 valence electrons. The number of H-pyrrole nitrogens is 1. The summed E-state index contributed by atoms with van der Waals surface area (Å²) < 4.78 is 4.54. The molecule has 1 aromatic rings. The van der Waals surface area contributed by atoms with Crippen LogP contribution in [0.3, 0.4) is 0 Å². The van der Waals surface area contributed by atoms with E-state index < -0.39 is 5.97 Å². The molecule has 1 N–H and O–H groups in total. The molecule has 2 rings (SSSR count). The Morgan fingerprint density at radius 2 is 2.19 bits per heavy atom. The smallest absolute Gasteiger partial charge is 0.374 e. The summed E-state index contributed by atoms with van der Waals surface area (Å²) in [5, 5.41) is 0. The van der Waals surface area contributed by atoms with E-state index in [0.717, 1.165) is 25.7 Å². The normalized spacial score (nSPS) is 16.3. The summed E-state index contributed by atoms with van der Waals surface area (Å²) in [6.07, 6.45) is 4.40. The zero-order valence-corrected chi connectivity index (χ0v) is 9.16. The number of hydrogen-bond acceptors (Lipinski definition) is 4. The second-order valence-electron chi connectivity index (χ2n) is 3.99. The molecule has 1 aliphatic rings. The van der Waals surface area contributed by atoms with E-state index >= 15 is 0 Å². The van der Waals surface area contributed by atoms with Crippen LogP contribution in [0.1, 0.15) is 47.9 Å². The molecular weight excluding hydrogens is 208 g/mol. The Morgan fingerprint density at radius 1 is 1.50 bits per heavy atom. The first-order valence-corrected chi connectivity index (χ1v) is 5.40. The van der Waals surface area contributed by atoms with E-state index in [1.165, 1.54) is 13.2 Å².